The van der Waals surface area contributed by atoms with E-state index in [1.807, 2.05) is 68.4 Å². The summed E-state index contributed by atoms with van der Waals surface area (Å²) in [5.74, 6) is -0.536. The maximum Gasteiger partial charge on any atom is 0.292 e. The number of nitrogens with one attached hydrogen (secondary N) is 2. The molecule has 2 aromatic carbocycles. The van der Waals surface area contributed by atoms with Crippen LogP contribution in [0.4, 0.5) is 5.69 Å². The molecule has 0 aliphatic carbocycles. The van der Waals surface area contributed by atoms with E-state index in [0.29, 0.717) is 17.7 Å². The summed E-state index contributed by atoms with van der Waals surface area (Å²) in [6, 6.07) is 20.9. The number of fused-ring (bicyclic) bond motifs is 1. The first-order valence-electron chi connectivity index (χ1n) is 9.71. The van der Waals surface area contributed by atoms with Crippen LogP contribution in [0, 0.1) is 13.8 Å². The number of benzene rings is 2. The lowest BCUT2D eigenvalue weighted by atomic mass is 10.1. The molecule has 30 heavy (non-hydrogen) atoms. The third-order valence-electron chi connectivity index (χ3n) is 4.93. The number of anilines is 1. The van der Waals surface area contributed by atoms with Crippen LogP contribution in [0.2, 0.25) is 0 Å². The number of imidazole rings is 1. The van der Waals surface area contributed by atoms with E-state index in [9.17, 15) is 9.59 Å². The zero-order valence-electron chi connectivity index (χ0n) is 16.8. The lowest BCUT2D eigenvalue weighted by Gasteiger charge is -2.07. The fraction of sp³-hybridized carbons (Fsp3) is 0.125. The fourth-order valence-electron chi connectivity index (χ4n) is 3.23. The van der Waals surface area contributed by atoms with Gasteiger partial charge in [-0.3, -0.25) is 14.0 Å². The Hall–Kier alpha value is -3.93. The molecule has 0 spiro atoms. The highest BCUT2D eigenvalue weighted by Crippen LogP contribution is 2.17. The van der Waals surface area contributed by atoms with Crippen molar-refractivity contribution in [2.75, 3.05) is 5.32 Å². The number of aryl methyl sites for hydroxylation is 2. The number of nitrogens with zero attached hydrogens (tertiary/aromatic N) is 2. The van der Waals surface area contributed by atoms with E-state index in [-0.39, 0.29) is 23.3 Å². The topological polar surface area (TPSA) is 75.5 Å². The largest absolute Gasteiger partial charge is 0.347 e. The van der Waals surface area contributed by atoms with Crippen molar-refractivity contribution in [2.24, 2.45) is 0 Å². The Balaban J connectivity index is 1.60. The van der Waals surface area contributed by atoms with E-state index >= 15 is 0 Å². The SMILES string of the molecule is Cc1ccc(CNC(=O)c2nc(C(=O)Nc3ccccc3C)n3ccccc23)cc1. The molecular weight excluding hydrogens is 376 g/mol. The summed E-state index contributed by atoms with van der Waals surface area (Å²) in [5.41, 5.74) is 4.61. The van der Waals surface area contributed by atoms with Gasteiger partial charge in [-0.15, -0.1) is 0 Å². The molecule has 0 fully saturated rings. The van der Waals surface area contributed by atoms with Gasteiger partial charge in [0, 0.05) is 18.4 Å². The van der Waals surface area contributed by atoms with Crippen molar-refractivity contribution < 1.29 is 9.59 Å². The number of amides is 2. The highest BCUT2D eigenvalue weighted by molar-refractivity contribution is 6.06. The average molecular weight is 398 g/mol. The lowest BCUT2D eigenvalue weighted by molar-refractivity contribution is 0.0948. The Bertz CT molecular complexity index is 1230. The second-order valence-electron chi connectivity index (χ2n) is 7.18. The summed E-state index contributed by atoms with van der Waals surface area (Å²) in [5, 5.41) is 5.77. The molecule has 0 unspecified atom stereocenters. The van der Waals surface area contributed by atoms with Gasteiger partial charge in [0.25, 0.3) is 11.8 Å². The molecule has 6 heteroatoms. The zero-order chi connectivity index (χ0) is 21.1. The van der Waals surface area contributed by atoms with Gasteiger partial charge in [0.15, 0.2) is 5.69 Å². The molecule has 2 N–H and O–H groups in total. The lowest BCUT2D eigenvalue weighted by Crippen LogP contribution is -2.23. The van der Waals surface area contributed by atoms with Crippen molar-refractivity contribution in [2.45, 2.75) is 20.4 Å². The van der Waals surface area contributed by atoms with E-state index in [0.717, 1.165) is 16.7 Å². The van der Waals surface area contributed by atoms with Gasteiger partial charge in [-0.2, -0.15) is 0 Å². The molecule has 0 aliphatic rings. The minimum Gasteiger partial charge on any atom is -0.347 e. The van der Waals surface area contributed by atoms with Crippen LogP contribution in [0.5, 0.6) is 0 Å². The molecule has 6 nitrogen and oxygen atoms in total. The van der Waals surface area contributed by atoms with Gasteiger partial charge in [0.2, 0.25) is 5.82 Å². The number of para-hydroxylation sites is 1. The third kappa shape index (κ3) is 3.93. The Morgan fingerprint density at radius 3 is 2.40 bits per heavy atom. The molecule has 0 saturated carbocycles. The van der Waals surface area contributed by atoms with Crippen molar-refractivity contribution in [3.63, 3.8) is 0 Å². The van der Waals surface area contributed by atoms with E-state index in [2.05, 4.69) is 15.6 Å². The highest BCUT2D eigenvalue weighted by atomic mass is 16.2. The number of pyridine rings is 1. The minimum atomic E-state index is -0.372. The van der Waals surface area contributed by atoms with Crippen molar-refractivity contribution >= 4 is 23.0 Å². The molecule has 0 aliphatic heterocycles. The first kappa shape index (κ1) is 19.4. The number of hydrogen-bond acceptors (Lipinski definition) is 3. The van der Waals surface area contributed by atoms with Crippen LogP contribution in [0.3, 0.4) is 0 Å². The van der Waals surface area contributed by atoms with Crippen molar-refractivity contribution in [1.29, 1.82) is 0 Å². The van der Waals surface area contributed by atoms with Gasteiger partial charge in [-0.25, -0.2) is 4.98 Å². The van der Waals surface area contributed by atoms with Gasteiger partial charge in [-0.1, -0.05) is 54.1 Å². The molecular formula is C24H22N4O2. The Morgan fingerprint density at radius 1 is 0.900 bits per heavy atom. The summed E-state index contributed by atoms with van der Waals surface area (Å²) >= 11 is 0. The first-order chi connectivity index (χ1) is 14.5. The minimum absolute atomic E-state index is 0.161. The van der Waals surface area contributed by atoms with Crippen LogP contribution in [0.15, 0.2) is 72.9 Å². The van der Waals surface area contributed by atoms with Crippen molar-refractivity contribution in [1.82, 2.24) is 14.7 Å². The van der Waals surface area contributed by atoms with Crippen molar-refractivity contribution in [3.8, 4) is 0 Å². The number of hydrogen-bond donors (Lipinski definition) is 2. The summed E-state index contributed by atoms with van der Waals surface area (Å²) in [7, 11) is 0. The number of rotatable bonds is 5. The van der Waals surface area contributed by atoms with Crippen LogP contribution in [0.25, 0.3) is 5.52 Å². The summed E-state index contributed by atoms with van der Waals surface area (Å²) in [6.45, 7) is 4.32. The smallest absolute Gasteiger partial charge is 0.292 e. The van der Waals surface area contributed by atoms with Gasteiger partial charge < -0.3 is 10.6 Å². The summed E-state index contributed by atoms with van der Waals surface area (Å²) < 4.78 is 1.63. The zero-order valence-corrected chi connectivity index (χ0v) is 16.8. The second-order valence-corrected chi connectivity index (χ2v) is 7.18. The monoisotopic (exact) mass is 398 g/mol. The van der Waals surface area contributed by atoms with E-state index in [1.54, 1.807) is 22.7 Å². The molecule has 150 valence electrons. The van der Waals surface area contributed by atoms with Gasteiger partial charge in [0.1, 0.15) is 0 Å². The van der Waals surface area contributed by atoms with Crippen LogP contribution in [0.1, 0.15) is 37.8 Å². The fourth-order valence-corrected chi connectivity index (χ4v) is 3.23. The molecule has 4 rings (SSSR count). The Morgan fingerprint density at radius 2 is 1.63 bits per heavy atom. The maximum atomic E-state index is 12.9. The Kier molecular flexibility index (Phi) is 5.30. The number of carbonyl (C=O) groups is 2. The van der Waals surface area contributed by atoms with Gasteiger partial charge >= 0.3 is 0 Å². The number of aromatic nitrogens is 2. The van der Waals surface area contributed by atoms with Crippen LogP contribution < -0.4 is 10.6 Å². The summed E-state index contributed by atoms with van der Waals surface area (Å²) in [6.07, 6.45) is 1.73. The Labute approximate surface area is 174 Å². The molecule has 0 saturated heterocycles. The predicted molar refractivity (Wildman–Crippen MR) is 117 cm³/mol. The molecule has 2 heterocycles. The molecule has 2 amide bonds. The van der Waals surface area contributed by atoms with E-state index in [1.165, 1.54) is 0 Å². The molecule has 2 aromatic heterocycles. The highest BCUT2D eigenvalue weighted by Gasteiger charge is 2.21. The average Bonchev–Trinajstić information content (AvgIpc) is 3.15. The predicted octanol–water partition coefficient (Wildman–Crippen LogP) is 4.13. The standard InChI is InChI=1S/C24H22N4O2/c1-16-10-12-18(13-11-16)15-25-23(29)21-20-9-5-6-14-28(20)22(27-21)24(30)26-19-8-4-3-7-17(19)2/h3-14H,15H2,1-2H3,(H,25,29)(H,26,30). The maximum absolute atomic E-state index is 12.9. The van der Waals surface area contributed by atoms with Crippen LogP contribution >= 0.6 is 0 Å². The van der Waals surface area contributed by atoms with E-state index in [4.69, 9.17) is 0 Å². The first-order valence-corrected chi connectivity index (χ1v) is 9.71. The van der Waals surface area contributed by atoms with Crippen molar-refractivity contribution in [3.05, 3.63) is 101 Å². The number of carbonyl (C=O) groups excluding carboxylic acids is 2. The van der Waals surface area contributed by atoms with Crippen LogP contribution in [-0.2, 0) is 6.54 Å². The second kappa shape index (κ2) is 8.21. The van der Waals surface area contributed by atoms with Crippen LogP contribution in [-0.4, -0.2) is 21.2 Å². The normalized spacial score (nSPS) is 10.7. The molecule has 0 bridgehead atoms. The molecule has 4 aromatic rings. The summed E-state index contributed by atoms with van der Waals surface area (Å²) in [4.78, 5) is 30.1. The third-order valence-corrected chi connectivity index (χ3v) is 4.93. The molecule has 0 radical (unpaired) electrons. The quantitative estimate of drug-likeness (QED) is 0.531. The van der Waals surface area contributed by atoms with Gasteiger partial charge in [0.05, 0.1) is 5.52 Å². The molecule has 0 atom stereocenters. The van der Waals surface area contributed by atoms with E-state index < -0.39 is 0 Å². The van der Waals surface area contributed by atoms with Gasteiger partial charge in [-0.05, 0) is 43.2 Å².